The number of benzene rings is 1. The molecule has 0 saturated carbocycles. The van der Waals surface area contributed by atoms with Gasteiger partial charge in [0.2, 0.25) is 0 Å². The first kappa shape index (κ1) is 12.0. The molecule has 0 radical (unpaired) electrons. The zero-order chi connectivity index (χ0) is 11.3. The molecule has 5 heteroatoms. The van der Waals surface area contributed by atoms with E-state index >= 15 is 0 Å². The molecule has 0 aromatic heterocycles. The van der Waals surface area contributed by atoms with Crippen LogP contribution in [0.5, 0.6) is 0 Å². The first-order valence-electron chi connectivity index (χ1n) is 4.40. The maximum atomic E-state index is 12.8. The summed E-state index contributed by atoms with van der Waals surface area (Å²) in [6, 6.07) is 5.37. The summed E-state index contributed by atoms with van der Waals surface area (Å²) in [6.45, 7) is 0. The molecule has 3 nitrogen and oxygen atoms in total. The van der Waals surface area contributed by atoms with E-state index in [4.69, 9.17) is 10.8 Å². The Morgan fingerprint density at radius 2 is 2.33 bits per heavy atom. The second-order valence-corrected chi connectivity index (χ2v) is 4.12. The number of aliphatic carboxylic acids is 1. The maximum Gasteiger partial charge on any atom is 0.321 e. The lowest BCUT2D eigenvalue weighted by Gasteiger charge is -2.05. The molecular weight excluding hydrogens is 217 g/mol. The fraction of sp³-hybridized carbons (Fsp3) is 0.300. The van der Waals surface area contributed by atoms with Crippen LogP contribution in [-0.2, 0) is 10.5 Å². The predicted molar refractivity (Wildman–Crippen MR) is 58.2 cm³/mol. The number of halogens is 1. The molecule has 0 heterocycles. The van der Waals surface area contributed by atoms with Gasteiger partial charge in [-0.3, -0.25) is 4.79 Å². The molecule has 3 N–H and O–H groups in total. The standard InChI is InChI=1S/C10H12FNO2S/c11-8-3-1-2-7(4-8)5-15-6-9(12)10(13)14/h1-4,9H,5-6,12H2,(H,13,14)/t9-/m1/s1. The monoisotopic (exact) mass is 229 g/mol. The minimum Gasteiger partial charge on any atom is -0.480 e. The Morgan fingerprint density at radius 3 is 2.93 bits per heavy atom. The van der Waals surface area contributed by atoms with E-state index in [1.807, 2.05) is 0 Å². The molecule has 82 valence electrons. The zero-order valence-corrected chi connectivity index (χ0v) is 8.84. The molecule has 0 unspecified atom stereocenters. The number of nitrogens with two attached hydrogens (primary N) is 1. The fourth-order valence-corrected chi connectivity index (χ4v) is 1.93. The van der Waals surface area contributed by atoms with Gasteiger partial charge in [-0.15, -0.1) is 0 Å². The SMILES string of the molecule is N[C@H](CSCc1cccc(F)c1)C(=O)O. The maximum absolute atomic E-state index is 12.8. The Bertz CT molecular complexity index is 346. The lowest BCUT2D eigenvalue weighted by molar-refractivity contribution is -0.137. The van der Waals surface area contributed by atoms with E-state index in [-0.39, 0.29) is 5.82 Å². The number of hydrogen-bond donors (Lipinski definition) is 2. The van der Waals surface area contributed by atoms with Crippen LogP contribution in [0.2, 0.25) is 0 Å². The molecule has 0 aliphatic carbocycles. The van der Waals surface area contributed by atoms with Crippen molar-refractivity contribution in [1.29, 1.82) is 0 Å². The largest absolute Gasteiger partial charge is 0.480 e. The van der Waals surface area contributed by atoms with Crippen molar-refractivity contribution in [2.45, 2.75) is 11.8 Å². The van der Waals surface area contributed by atoms with Crippen LogP contribution < -0.4 is 5.73 Å². The van der Waals surface area contributed by atoms with E-state index in [0.29, 0.717) is 11.5 Å². The lowest BCUT2D eigenvalue weighted by atomic mass is 10.2. The van der Waals surface area contributed by atoms with Crippen LogP contribution in [-0.4, -0.2) is 22.9 Å². The Morgan fingerprint density at radius 1 is 1.60 bits per heavy atom. The third-order valence-electron chi connectivity index (χ3n) is 1.77. The van der Waals surface area contributed by atoms with E-state index in [9.17, 15) is 9.18 Å². The number of carbonyl (C=O) groups is 1. The molecule has 0 bridgehead atoms. The van der Waals surface area contributed by atoms with Gasteiger partial charge in [0.25, 0.3) is 0 Å². The van der Waals surface area contributed by atoms with Crippen LogP contribution in [0, 0.1) is 5.82 Å². The third-order valence-corrected chi connectivity index (χ3v) is 2.90. The minimum atomic E-state index is -1.01. The highest BCUT2D eigenvalue weighted by atomic mass is 32.2. The highest BCUT2D eigenvalue weighted by Gasteiger charge is 2.10. The number of carboxylic acids is 1. The van der Waals surface area contributed by atoms with Crippen molar-refractivity contribution in [1.82, 2.24) is 0 Å². The summed E-state index contributed by atoms with van der Waals surface area (Å²) in [7, 11) is 0. The van der Waals surface area contributed by atoms with Crippen LogP contribution in [0.15, 0.2) is 24.3 Å². The second kappa shape index (κ2) is 5.72. The zero-order valence-electron chi connectivity index (χ0n) is 8.02. The number of thioether (sulfide) groups is 1. The smallest absolute Gasteiger partial charge is 0.321 e. The average molecular weight is 229 g/mol. The van der Waals surface area contributed by atoms with Gasteiger partial charge in [-0.05, 0) is 17.7 Å². The van der Waals surface area contributed by atoms with Crippen molar-refractivity contribution < 1.29 is 14.3 Å². The molecule has 0 aliphatic rings. The first-order chi connectivity index (χ1) is 7.09. The normalized spacial score (nSPS) is 12.4. The third kappa shape index (κ3) is 4.31. The van der Waals surface area contributed by atoms with Gasteiger partial charge in [0.15, 0.2) is 0 Å². The number of rotatable bonds is 5. The topological polar surface area (TPSA) is 63.3 Å². The predicted octanol–water partition coefficient (Wildman–Crippen LogP) is 1.47. The first-order valence-corrected chi connectivity index (χ1v) is 5.55. The second-order valence-electron chi connectivity index (χ2n) is 3.09. The fourth-order valence-electron chi connectivity index (χ4n) is 1.00. The molecule has 0 spiro atoms. The summed E-state index contributed by atoms with van der Waals surface area (Å²) in [5.74, 6) is -0.401. The van der Waals surface area contributed by atoms with Gasteiger partial charge in [-0.2, -0.15) is 11.8 Å². The van der Waals surface area contributed by atoms with Crippen LogP contribution in [0.25, 0.3) is 0 Å². The summed E-state index contributed by atoms with van der Waals surface area (Å²) >= 11 is 1.38. The van der Waals surface area contributed by atoms with E-state index in [1.54, 1.807) is 12.1 Å². The number of carboxylic acid groups (broad SMARTS) is 1. The summed E-state index contributed by atoms with van der Waals surface area (Å²) in [6.07, 6.45) is 0. The molecule has 1 aromatic rings. The van der Waals surface area contributed by atoms with Crippen LogP contribution >= 0.6 is 11.8 Å². The van der Waals surface area contributed by atoms with Crippen molar-refractivity contribution in [3.63, 3.8) is 0 Å². The minimum absolute atomic E-state index is 0.282. The molecule has 0 aliphatic heterocycles. The van der Waals surface area contributed by atoms with Crippen LogP contribution in [0.4, 0.5) is 4.39 Å². The van der Waals surface area contributed by atoms with E-state index in [1.165, 1.54) is 23.9 Å². The van der Waals surface area contributed by atoms with Gasteiger partial charge < -0.3 is 10.8 Å². The summed E-state index contributed by atoms with van der Waals surface area (Å²) < 4.78 is 12.8. The highest BCUT2D eigenvalue weighted by Crippen LogP contribution is 2.13. The van der Waals surface area contributed by atoms with Crippen molar-refractivity contribution in [3.8, 4) is 0 Å². The molecule has 0 fully saturated rings. The summed E-state index contributed by atoms with van der Waals surface area (Å²) in [4.78, 5) is 10.4. The molecule has 1 aromatic carbocycles. The van der Waals surface area contributed by atoms with Crippen molar-refractivity contribution in [2.24, 2.45) is 5.73 Å². The number of hydrogen-bond acceptors (Lipinski definition) is 3. The summed E-state index contributed by atoms with van der Waals surface area (Å²) in [5, 5.41) is 8.52. The van der Waals surface area contributed by atoms with Crippen molar-refractivity contribution in [3.05, 3.63) is 35.6 Å². The van der Waals surface area contributed by atoms with Gasteiger partial charge in [-0.25, -0.2) is 4.39 Å². The average Bonchev–Trinajstić information content (AvgIpc) is 2.17. The van der Waals surface area contributed by atoms with Crippen molar-refractivity contribution >= 4 is 17.7 Å². The molecule has 1 rings (SSSR count). The van der Waals surface area contributed by atoms with Gasteiger partial charge in [0.05, 0.1) is 0 Å². The van der Waals surface area contributed by atoms with E-state index < -0.39 is 12.0 Å². The van der Waals surface area contributed by atoms with E-state index in [0.717, 1.165) is 5.56 Å². The molecule has 0 amide bonds. The quantitative estimate of drug-likeness (QED) is 0.802. The molecular formula is C10H12FNO2S. The van der Waals surface area contributed by atoms with Crippen molar-refractivity contribution in [2.75, 3.05) is 5.75 Å². The molecule has 1 atom stereocenters. The van der Waals surface area contributed by atoms with E-state index in [2.05, 4.69) is 0 Å². The van der Waals surface area contributed by atoms with Crippen LogP contribution in [0.3, 0.4) is 0 Å². The Labute approximate surface area is 91.5 Å². The lowest BCUT2D eigenvalue weighted by Crippen LogP contribution is -2.32. The Balaban J connectivity index is 2.35. The van der Waals surface area contributed by atoms with Gasteiger partial charge in [0, 0.05) is 11.5 Å². The highest BCUT2D eigenvalue weighted by molar-refractivity contribution is 7.98. The van der Waals surface area contributed by atoms with Gasteiger partial charge in [-0.1, -0.05) is 12.1 Å². The van der Waals surface area contributed by atoms with Gasteiger partial charge in [0.1, 0.15) is 11.9 Å². The Kier molecular flexibility index (Phi) is 4.58. The van der Waals surface area contributed by atoms with Gasteiger partial charge >= 0.3 is 5.97 Å². The molecule has 15 heavy (non-hydrogen) atoms. The van der Waals surface area contributed by atoms with Crippen LogP contribution in [0.1, 0.15) is 5.56 Å². The molecule has 0 saturated heterocycles. The summed E-state index contributed by atoms with van der Waals surface area (Å²) in [5.41, 5.74) is 6.15. The Hall–Kier alpha value is -1.07.